The average Bonchev–Trinajstić information content (AvgIpc) is 2.74. The monoisotopic (exact) mass is 466 g/mol. The summed E-state index contributed by atoms with van der Waals surface area (Å²) in [5, 5.41) is 5.53. The van der Waals surface area contributed by atoms with Crippen LogP contribution in [0, 0.1) is 0 Å². The second-order valence-corrected chi connectivity index (χ2v) is 6.94. The molecule has 0 atom stereocenters. The van der Waals surface area contributed by atoms with Crippen molar-refractivity contribution in [3.63, 3.8) is 0 Å². The van der Waals surface area contributed by atoms with Gasteiger partial charge in [-0.05, 0) is 43.3 Å². The lowest BCUT2D eigenvalue weighted by Crippen LogP contribution is -2.22. The molecule has 8 nitrogen and oxygen atoms in total. The molecule has 0 aromatic heterocycles. The van der Waals surface area contributed by atoms with Gasteiger partial charge in [-0.2, -0.15) is 0 Å². The van der Waals surface area contributed by atoms with Crippen molar-refractivity contribution < 1.29 is 28.7 Å². The molecule has 10 heteroatoms. The Morgan fingerprint density at radius 1 is 0.871 bits per heavy atom. The minimum atomic E-state index is -0.708. The first-order chi connectivity index (χ1) is 14.8. The highest BCUT2D eigenvalue weighted by molar-refractivity contribution is 6.44. The average molecular weight is 467 g/mol. The molecule has 0 saturated heterocycles. The SMILES string of the molecule is CCOC(=O)c1ccc(NC(=O)CCC(=O)OCC(=O)Nc2cccc(Cl)c2Cl)cc1. The van der Waals surface area contributed by atoms with Crippen molar-refractivity contribution in [1.29, 1.82) is 0 Å². The number of ether oxygens (including phenoxy) is 2. The summed E-state index contributed by atoms with van der Waals surface area (Å²) in [6, 6.07) is 10.9. The second kappa shape index (κ2) is 11.9. The van der Waals surface area contributed by atoms with Crippen LogP contribution >= 0.6 is 23.2 Å². The van der Waals surface area contributed by atoms with E-state index in [0.29, 0.717) is 16.9 Å². The van der Waals surface area contributed by atoms with Crippen LogP contribution in [0.3, 0.4) is 0 Å². The van der Waals surface area contributed by atoms with Gasteiger partial charge >= 0.3 is 11.9 Å². The van der Waals surface area contributed by atoms with Crippen LogP contribution < -0.4 is 10.6 Å². The van der Waals surface area contributed by atoms with Crippen LogP contribution in [0.25, 0.3) is 0 Å². The highest BCUT2D eigenvalue weighted by Crippen LogP contribution is 2.29. The maximum atomic E-state index is 12.0. The predicted molar refractivity (Wildman–Crippen MR) is 116 cm³/mol. The van der Waals surface area contributed by atoms with Gasteiger partial charge in [-0.15, -0.1) is 0 Å². The van der Waals surface area contributed by atoms with Gasteiger partial charge in [0.2, 0.25) is 5.91 Å². The van der Waals surface area contributed by atoms with Gasteiger partial charge in [0, 0.05) is 12.1 Å². The first-order valence-electron chi connectivity index (χ1n) is 9.26. The first kappa shape index (κ1) is 24.2. The van der Waals surface area contributed by atoms with E-state index in [1.54, 1.807) is 37.3 Å². The first-order valence-corrected chi connectivity index (χ1v) is 10.0. The fourth-order valence-corrected chi connectivity index (χ4v) is 2.70. The van der Waals surface area contributed by atoms with E-state index in [1.165, 1.54) is 12.1 Å². The molecular formula is C21H20Cl2N2O6. The molecule has 2 aromatic rings. The molecule has 0 bridgehead atoms. The van der Waals surface area contributed by atoms with Gasteiger partial charge in [-0.3, -0.25) is 14.4 Å². The standard InChI is InChI=1S/C21H20Cl2N2O6/c1-2-30-21(29)13-6-8-14(9-7-13)24-17(26)10-11-19(28)31-12-18(27)25-16-5-3-4-15(22)20(16)23/h3-9H,2,10-12H2,1H3,(H,24,26)(H,25,27). The number of carbonyl (C=O) groups excluding carboxylic acids is 4. The number of carbonyl (C=O) groups is 4. The van der Waals surface area contributed by atoms with E-state index in [1.807, 2.05) is 0 Å². The third kappa shape index (κ3) is 7.92. The lowest BCUT2D eigenvalue weighted by molar-refractivity contribution is -0.147. The smallest absolute Gasteiger partial charge is 0.338 e. The number of hydrogen-bond acceptors (Lipinski definition) is 6. The van der Waals surface area contributed by atoms with E-state index < -0.39 is 30.4 Å². The normalized spacial score (nSPS) is 10.2. The number of amides is 2. The Morgan fingerprint density at radius 2 is 1.58 bits per heavy atom. The van der Waals surface area contributed by atoms with Gasteiger partial charge in [0.1, 0.15) is 0 Å². The summed E-state index contributed by atoms with van der Waals surface area (Å²) in [6.45, 7) is 1.45. The van der Waals surface area contributed by atoms with Crippen molar-refractivity contribution in [2.45, 2.75) is 19.8 Å². The molecule has 0 heterocycles. The Balaban J connectivity index is 1.72. The fraction of sp³-hybridized carbons (Fsp3) is 0.238. The molecule has 31 heavy (non-hydrogen) atoms. The highest BCUT2D eigenvalue weighted by atomic mass is 35.5. The molecule has 0 aliphatic heterocycles. The molecule has 2 N–H and O–H groups in total. The third-order valence-electron chi connectivity index (χ3n) is 3.83. The zero-order valence-electron chi connectivity index (χ0n) is 16.6. The predicted octanol–water partition coefficient (Wildman–Crippen LogP) is 4.07. The van der Waals surface area contributed by atoms with Crippen LogP contribution in [0.2, 0.25) is 10.0 Å². The molecule has 164 valence electrons. The van der Waals surface area contributed by atoms with Crippen molar-refractivity contribution in [1.82, 2.24) is 0 Å². The Kier molecular flexibility index (Phi) is 9.30. The number of esters is 2. The van der Waals surface area contributed by atoms with Crippen LogP contribution in [0.1, 0.15) is 30.1 Å². The Bertz CT molecular complexity index is 963. The minimum Gasteiger partial charge on any atom is -0.462 e. The Hall–Kier alpha value is -3.10. The van der Waals surface area contributed by atoms with E-state index in [2.05, 4.69) is 10.6 Å². The zero-order valence-corrected chi connectivity index (χ0v) is 18.1. The number of nitrogens with one attached hydrogen (secondary N) is 2. The maximum absolute atomic E-state index is 12.0. The lowest BCUT2D eigenvalue weighted by Gasteiger charge is -2.09. The molecule has 0 saturated carbocycles. The number of benzene rings is 2. The van der Waals surface area contributed by atoms with Crippen molar-refractivity contribution in [3.8, 4) is 0 Å². The molecule has 0 aliphatic rings. The molecule has 2 rings (SSSR count). The number of anilines is 2. The molecular weight excluding hydrogens is 447 g/mol. The summed E-state index contributed by atoms with van der Waals surface area (Å²) >= 11 is 11.8. The summed E-state index contributed by atoms with van der Waals surface area (Å²) < 4.78 is 9.73. The van der Waals surface area contributed by atoms with E-state index >= 15 is 0 Å². The molecule has 0 fully saturated rings. The largest absolute Gasteiger partial charge is 0.462 e. The second-order valence-electron chi connectivity index (χ2n) is 6.16. The van der Waals surface area contributed by atoms with Gasteiger partial charge in [0.05, 0.1) is 34.3 Å². The molecule has 0 radical (unpaired) electrons. The number of hydrogen-bond donors (Lipinski definition) is 2. The van der Waals surface area contributed by atoms with E-state index in [4.69, 9.17) is 32.7 Å². The lowest BCUT2D eigenvalue weighted by atomic mass is 10.2. The van der Waals surface area contributed by atoms with Crippen LogP contribution in [0.15, 0.2) is 42.5 Å². The van der Waals surface area contributed by atoms with E-state index in [0.717, 1.165) is 0 Å². The van der Waals surface area contributed by atoms with Gasteiger partial charge in [0.15, 0.2) is 6.61 Å². The zero-order chi connectivity index (χ0) is 22.8. The number of rotatable bonds is 9. The van der Waals surface area contributed by atoms with Crippen molar-refractivity contribution in [2.24, 2.45) is 0 Å². The summed E-state index contributed by atoms with van der Waals surface area (Å²) in [7, 11) is 0. The van der Waals surface area contributed by atoms with Gasteiger partial charge in [-0.1, -0.05) is 29.3 Å². The topological polar surface area (TPSA) is 111 Å². The number of halogens is 2. The summed E-state index contributed by atoms with van der Waals surface area (Å²) in [6.07, 6.45) is -0.349. The molecule has 0 aliphatic carbocycles. The van der Waals surface area contributed by atoms with Gasteiger partial charge in [0.25, 0.3) is 5.91 Å². The highest BCUT2D eigenvalue weighted by Gasteiger charge is 2.13. The molecule has 2 amide bonds. The Labute approximate surface area is 188 Å². The van der Waals surface area contributed by atoms with Crippen LogP contribution in [-0.4, -0.2) is 37.0 Å². The van der Waals surface area contributed by atoms with Crippen molar-refractivity contribution >= 4 is 58.3 Å². The Morgan fingerprint density at radius 3 is 2.26 bits per heavy atom. The maximum Gasteiger partial charge on any atom is 0.338 e. The van der Waals surface area contributed by atoms with Crippen molar-refractivity contribution in [2.75, 3.05) is 23.8 Å². The molecule has 0 spiro atoms. The fourth-order valence-electron chi connectivity index (χ4n) is 2.35. The summed E-state index contributed by atoms with van der Waals surface area (Å²) in [5.41, 5.74) is 1.12. The third-order valence-corrected chi connectivity index (χ3v) is 4.64. The quantitative estimate of drug-likeness (QED) is 0.538. The van der Waals surface area contributed by atoms with Gasteiger partial charge in [-0.25, -0.2) is 4.79 Å². The minimum absolute atomic E-state index is 0.139. The molecule has 0 unspecified atom stereocenters. The van der Waals surface area contributed by atoms with Gasteiger partial charge < -0.3 is 20.1 Å². The van der Waals surface area contributed by atoms with Crippen LogP contribution in [0.5, 0.6) is 0 Å². The van der Waals surface area contributed by atoms with Crippen LogP contribution in [0.4, 0.5) is 11.4 Å². The van der Waals surface area contributed by atoms with E-state index in [-0.39, 0.29) is 29.5 Å². The summed E-state index contributed by atoms with van der Waals surface area (Å²) in [4.78, 5) is 47.2. The summed E-state index contributed by atoms with van der Waals surface area (Å²) in [5.74, 6) is -2.18. The van der Waals surface area contributed by atoms with Crippen LogP contribution in [-0.2, 0) is 23.9 Å². The van der Waals surface area contributed by atoms with Crippen molar-refractivity contribution in [3.05, 3.63) is 58.1 Å². The van der Waals surface area contributed by atoms with E-state index in [9.17, 15) is 19.2 Å². The molecule has 2 aromatic carbocycles.